The predicted octanol–water partition coefficient (Wildman–Crippen LogP) is 1.80. The van der Waals surface area contributed by atoms with Crippen molar-refractivity contribution < 1.29 is 35.8 Å². The number of nitrogens with zero attached hydrogens (tertiary/aromatic N) is 2. The summed E-state index contributed by atoms with van der Waals surface area (Å²) in [5, 5.41) is 8.97. The number of carbonyl (C=O) groups excluding carboxylic acids is 2. The van der Waals surface area contributed by atoms with Crippen LogP contribution in [0.3, 0.4) is 0 Å². The maximum Gasteiger partial charge on any atom is 0.232 e. The topological polar surface area (TPSA) is 60.9 Å². The summed E-state index contributed by atoms with van der Waals surface area (Å²) in [7, 11) is 0. The van der Waals surface area contributed by atoms with Crippen LogP contribution >= 0.6 is 11.8 Å². The van der Waals surface area contributed by atoms with Gasteiger partial charge in [-0.15, -0.1) is 11.8 Å². The molecule has 2 saturated heterocycles. The molecule has 0 spiro atoms. The van der Waals surface area contributed by atoms with Gasteiger partial charge >= 0.3 is 0 Å². The Balaban J connectivity index is 0.00000312. The van der Waals surface area contributed by atoms with Gasteiger partial charge in [-0.1, -0.05) is 5.92 Å². The number of likely N-dealkylation sites (tertiary alicyclic amines) is 2. The Morgan fingerprint density at radius 3 is 1.76 bits per heavy atom. The molecule has 0 radical (unpaired) electrons. The van der Waals surface area contributed by atoms with Gasteiger partial charge < -0.3 is 21.8 Å². The smallest absolute Gasteiger partial charge is 0.232 e. The average molecular weight is 451 g/mol. The molecule has 2 heterocycles. The van der Waals surface area contributed by atoms with Crippen molar-refractivity contribution in [2.45, 2.75) is 38.5 Å². The number of rotatable bonds is 7. The van der Waals surface area contributed by atoms with E-state index in [0.717, 1.165) is 64.7 Å². The van der Waals surface area contributed by atoms with E-state index in [1.54, 1.807) is 0 Å². The molecule has 5 nitrogen and oxygen atoms in total. The molecule has 144 valence electrons. The third-order valence-electron chi connectivity index (χ3n) is 5.33. The molecule has 0 bridgehead atoms. The Labute approximate surface area is 170 Å². The second-order valence-corrected chi connectivity index (χ2v) is 7.93. The van der Waals surface area contributed by atoms with E-state index in [1.807, 2.05) is 9.80 Å². The van der Waals surface area contributed by atoms with E-state index < -0.39 is 0 Å². The summed E-state index contributed by atoms with van der Waals surface area (Å²) in [6, 6.07) is 0. The van der Waals surface area contributed by atoms with Crippen molar-refractivity contribution in [1.29, 1.82) is 0 Å². The number of carbonyl (C=O) groups is 2. The minimum atomic E-state index is 0. The standard InChI is InChI=1S/C18H31N2O3S.Mo/c1-2-15-3-8-19(9-4-15)17(22)13-24-14-18(23)20-10-5-16(6-11-20)7-12-21;/h15-16,21H,1-14H2;/q-1;. The van der Waals surface area contributed by atoms with Crippen LogP contribution < -0.4 is 0 Å². The quantitative estimate of drug-likeness (QED) is 0.474. The van der Waals surface area contributed by atoms with E-state index in [2.05, 4.69) is 6.92 Å². The van der Waals surface area contributed by atoms with Crippen LogP contribution in [0.25, 0.3) is 0 Å². The van der Waals surface area contributed by atoms with Crippen LogP contribution in [0.15, 0.2) is 0 Å². The molecule has 0 atom stereocenters. The van der Waals surface area contributed by atoms with Gasteiger partial charge in [0.15, 0.2) is 0 Å². The van der Waals surface area contributed by atoms with Crippen molar-refractivity contribution in [1.82, 2.24) is 9.80 Å². The molecule has 2 rings (SSSR count). The van der Waals surface area contributed by atoms with Crippen molar-refractivity contribution in [2.75, 3.05) is 44.3 Å². The Hall–Kier alpha value is -0.0617. The summed E-state index contributed by atoms with van der Waals surface area (Å²) < 4.78 is 0. The second-order valence-electron chi connectivity index (χ2n) is 6.94. The van der Waals surface area contributed by atoms with Gasteiger partial charge in [0.2, 0.25) is 11.8 Å². The van der Waals surface area contributed by atoms with Gasteiger partial charge in [-0.2, -0.15) is 6.42 Å². The van der Waals surface area contributed by atoms with Crippen molar-refractivity contribution in [3.8, 4) is 0 Å². The van der Waals surface area contributed by atoms with E-state index in [0.29, 0.717) is 23.3 Å². The van der Waals surface area contributed by atoms with E-state index in [1.165, 1.54) is 11.8 Å². The SMILES string of the molecule is [CH2-]CC1CCN(C(=O)CSCC(=O)N2CCC(CCO)CC2)CC1.[Mo]. The maximum atomic E-state index is 12.2. The zero-order valence-corrected chi connectivity index (χ0v) is 17.9. The van der Waals surface area contributed by atoms with E-state index in [4.69, 9.17) is 5.11 Å². The fraction of sp³-hybridized carbons (Fsp3) is 0.833. The molecule has 2 aliphatic heterocycles. The molecule has 0 aromatic rings. The molecule has 1 N–H and O–H groups in total. The van der Waals surface area contributed by atoms with Crippen molar-refractivity contribution in [3.05, 3.63) is 6.92 Å². The van der Waals surface area contributed by atoms with E-state index in [-0.39, 0.29) is 39.5 Å². The van der Waals surface area contributed by atoms with Gasteiger partial charge in [0.05, 0.1) is 11.5 Å². The number of hydrogen-bond donors (Lipinski definition) is 1. The Morgan fingerprint density at radius 1 is 0.920 bits per heavy atom. The first-order chi connectivity index (χ1) is 11.6. The van der Waals surface area contributed by atoms with E-state index in [9.17, 15) is 9.59 Å². The molecule has 0 aromatic heterocycles. The monoisotopic (exact) mass is 453 g/mol. The minimum absolute atomic E-state index is 0. The van der Waals surface area contributed by atoms with Crippen LogP contribution in [0, 0.1) is 18.8 Å². The number of amides is 2. The molecule has 0 aromatic carbocycles. The fourth-order valence-electron chi connectivity index (χ4n) is 3.53. The largest absolute Gasteiger partial charge is 0.396 e. The molecule has 0 aliphatic carbocycles. The Kier molecular flexibility index (Phi) is 11.3. The van der Waals surface area contributed by atoms with Gasteiger partial charge in [-0.25, -0.2) is 0 Å². The zero-order chi connectivity index (χ0) is 17.4. The van der Waals surface area contributed by atoms with Crippen LogP contribution in [-0.2, 0) is 30.7 Å². The first-order valence-corrected chi connectivity index (χ1v) is 10.3. The second kappa shape index (κ2) is 12.3. The Bertz CT molecular complexity index is 409. The first kappa shape index (κ1) is 23.0. The molecule has 0 saturated carbocycles. The normalized spacial score (nSPS) is 19.6. The zero-order valence-electron chi connectivity index (χ0n) is 15.0. The number of aliphatic hydroxyl groups excluding tert-OH is 1. The first-order valence-electron chi connectivity index (χ1n) is 9.17. The number of hydrogen-bond acceptors (Lipinski definition) is 4. The maximum absolute atomic E-state index is 12.2. The average Bonchev–Trinajstić information content (AvgIpc) is 2.62. The van der Waals surface area contributed by atoms with Gasteiger partial charge in [0.25, 0.3) is 0 Å². The van der Waals surface area contributed by atoms with E-state index >= 15 is 0 Å². The molecule has 25 heavy (non-hydrogen) atoms. The molecular weight excluding hydrogens is 420 g/mol. The van der Waals surface area contributed by atoms with Gasteiger partial charge in [-0.3, -0.25) is 9.59 Å². The van der Waals surface area contributed by atoms with Crippen molar-refractivity contribution in [3.63, 3.8) is 0 Å². The van der Waals surface area contributed by atoms with Crippen LogP contribution in [0.4, 0.5) is 0 Å². The molecule has 2 amide bonds. The summed E-state index contributed by atoms with van der Waals surface area (Å²) in [5.74, 6) is 2.32. The fourth-order valence-corrected chi connectivity index (χ4v) is 4.35. The summed E-state index contributed by atoms with van der Waals surface area (Å²) >= 11 is 1.44. The van der Waals surface area contributed by atoms with Crippen LogP contribution in [0.1, 0.15) is 38.5 Å². The number of piperidine rings is 2. The van der Waals surface area contributed by atoms with Gasteiger partial charge in [0, 0.05) is 53.9 Å². The molecule has 7 heteroatoms. The van der Waals surface area contributed by atoms with Crippen LogP contribution in [0.2, 0.25) is 0 Å². The summed E-state index contributed by atoms with van der Waals surface area (Å²) in [6.45, 7) is 7.44. The van der Waals surface area contributed by atoms with Crippen molar-refractivity contribution in [2.24, 2.45) is 11.8 Å². The summed E-state index contributed by atoms with van der Waals surface area (Å²) in [6.07, 6.45) is 5.88. The summed E-state index contributed by atoms with van der Waals surface area (Å²) in [5.41, 5.74) is 0. The molecule has 2 fully saturated rings. The third kappa shape index (κ3) is 7.60. The van der Waals surface area contributed by atoms with Gasteiger partial charge in [0.1, 0.15) is 0 Å². The van der Waals surface area contributed by atoms with Crippen LogP contribution in [0.5, 0.6) is 0 Å². The minimum Gasteiger partial charge on any atom is -0.396 e. The number of thioether (sulfide) groups is 1. The molecule has 2 aliphatic rings. The molecule has 0 unspecified atom stereocenters. The van der Waals surface area contributed by atoms with Gasteiger partial charge in [-0.05, 0) is 38.0 Å². The Morgan fingerprint density at radius 2 is 1.36 bits per heavy atom. The van der Waals surface area contributed by atoms with Crippen LogP contribution in [-0.4, -0.2) is 71.0 Å². The predicted molar refractivity (Wildman–Crippen MR) is 97.6 cm³/mol. The number of aliphatic hydroxyl groups is 1. The third-order valence-corrected chi connectivity index (χ3v) is 6.23. The van der Waals surface area contributed by atoms with Crippen molar-refractivity contribution >= 4 is 23.6 Å². The summed E-state index contributed by atoms with van der Waals surface area (Å²) in [4.78, 5) is 28.3. The molecular formula is C18H31MoN2O3S-.